The van der Waals surface area contributed by atoms with Crippen LogP contribution in [-0.2, 0) is 4.79 Å². The van der Waals surface area contributed by atoms with Crippen molar-refractivity contribution >= 4 is 17.5 Å². The van der Waals surface area contributed by atoms with E-state index in [4.69, 9.17) is 5.73 Å². The minimum atomic E-state index is -1.17. The Balaban J connectivity index is 1.39. The van der Waals surface area contributed by atoms with Crippen LogP contribution in [0.3, 0.4) is 0 Å². The normalized spacial score (nSPS) is 19.6. The molecule has 1 unspecified atom stereocenters. The first-order valence-electron chi connectivity index (χ1n) is 13.2. The van der Waals surface area contributed by atoms with Crippen LogP contribution in [0.2, 0.25) is 0 Å². The fraction of sp³-hybridized carbons (Fsp3) is 0.517. The van der Waals surface area contributed by atoms with Gasteiger partial charge >= 0.3 is 0 Å². The minimum absolute atomic E-state index is 0.0246. The topological polar surface area (TPSA) is 78.7 Å². The van der Waals surface area contributed by atoms with Crippen LogP contribution in [-0.4, -0.2) is 66.6 Å². The zero-order valence-corrected chi connectivity index (χ0v) is 21.8. The van der Waals surface area contributed by atoms with Gasteiger partial charge in [0.2, 0.25) is 5.91 Å². The van der Waals surface area contributed by atoms with Crippen LogP contribution in [0.5, 0.6) is 0 Å². The Morgan fingerprint density at radius 2 is 1.76 bits per heavy atom. The van der Waals surface area contributed by atoms with E-state index in [1.54, 1.807) is 26.0 Å². The average Bonchev–Trinajstić information content (AvgIpc) is 2.87. The molecule has 2 amide bonds. The maximum atomic E-state index is 14.9. The van der Waals surface area contributed by atoms with Crippen molar-refractivity contribution in [2.45, 2.75) is 45.2 Å². The van der Waals surface area contributed by atoms with Gasteiger partial charge in [-0.15, -0.1) is 0 Å². The van der Waals surface area contributed by atoms with E-state index in [9.17, 15) is 18.4 Å². The number of hydrogen-bond acceptors (Lipinski definition) is 4. The fourth-order valence-corrected chi connectivity index (χ4v) is 5.44. The van der Waals surface area contributed by atoms with Gasteiger partial charge in [0, 0.05) is 31.9 Å². The molecule has 4 rings (SSSR count). The second kappa shape index (κ2) is 11.6. The number of nitrogens with one attached hydrogen (secondary N) is 1. The van der Waals surface area contributed by atoms with E-state index in [0.717, 1.165) is 43.7 Å². The summed E-state index contributed by atoms with van der Waals surface area (Å²) in [5.41, 5.74) is 6.55. The van der Waals surface area contributed by atoms with Crippen LogP contribution in [0.25, 0.3) is 11.1 Å². The van der Waals surface area contributed by atoms with E-state index in [1.165, 1.54) is 11.0 Å². The first kappa shape index (κ1) is 27.0. The first-order chi connectivity index (χ1) is 17.6. The Morgan fingerprint density at radius 1 is 1.05 bits per heavy atom. The van der Waals surface area contributed by atoms with Crippen LogP contribution >= 0.6 is 0 Å². The summed E-state index contributed by atoms with van der Waals surface area (Å²) in [6.07, 6.45) is 3.37. The molecule has 0 radical (unpaired) electrons. The molecule has 0 bridgehead atoms. The Bertz CT molecular complexity index is 1090. The molecule has 0 saturated carbocycles. The molecule has 2 saturated heterocycles. The fourth-order valence-electron chi connectivity index (χ4n) is 5.44. The van der Waals surface area contributed by atoms with Crippen molar-refractivity contribution in [1.82, 2.24) is 9.80 Å². The molecule has 37 heavy (non-hydrogen) atoms. The predicted molar refractivity (Wildman–Crippen MR) is 142 cm³/mol. The zero-order valence-electron chi connectivity index (χ0n) is 21.8. The maximum Gasteiger partial charge on any atom is 0.257 e. The third kappa shape index (κ3) is 7.06. The Hall–Kier alpha value is -3.00. The van der Waals surface area contributed by atoms with Crippen LogP contribution in [0.15, 0.2) is 42.5 Å². The van der Waals surface area contributed by atoms with Gasteiger partial charge in [-0.3, -0.25) is 9.59 Å². The third-order valence-electron chi connectivity index (χ3n) is 7.44. The minimum Gasteiger partial charge on any atom is -0.385 e. The zero-order chi connectivity index (χ0) is 26.6. The standard InChI is InChI=1S/C29H38F2N4O2/c1-29(2,31)19-34-15-12-20(13-16-34)17-33-23-10-8-21(9-11-23)24-6-3-7-25(30)26(24)28(37)35-14-4-5-22(18-35)27(32)36/h3,6-11,20,22,33H,4-5,12-19H2,1-2H3,(H2,32,36). The number of likely N-dealkylation sites (tertiary alicyclic amines) is 2. The molecule has 2 aromatic rings. The van der Waals surface area contributed by atoms with Crippen molar-refractivity contribution in [3.63, 3.8) is 0 Å². The van der Waals surface area contributed by atoms with E-state index in [0.29, 0.717) is 37.4 Å². The molecule has 0 aromatic heterocycles. The summed E-state index contributed by atoms with van der Waals surface area (Å²) in [5, 5.41) is 3.49. The highest BCUT2D eigenvalue weighted by molar-refractivity contribution is 6.01. The summed E-state index contributed by atoms with van der Waals surface area (Å²) in [6.45, 7) is 7.08. The second-order valence-corrected chi connectivity index (χ2v) is 11.1. The van der Waals surface area contributed by atoms with Gasteiger partial charge in [-0.1, -0.05) is 24.3 Å². The number of hydrogen-bond donors (Lipinski definition) is 2. The molecule has 0 spiro atoms. The molecular formula is C29H38F2N4O2. The molecule has 2 fully saturated rings. The highest BCUT2D eigenvalue weighted by atomic mass is 19.1. The van der Waals surface area contributed by atoms with Crippen LogP contribution in [0.1, 0.15) is 49.9 Å². The number of carbonyl (C=O) groups excluding carboxylic acids is 2. The molecule has 8 heteroatoms. The molecular weight excluding hydrogens is 474 g/mol. The lowest BCUT2D eigenvalue weighted by Crippen LogP contribution is -2.44. The van der Waals surface area contributed by atoms with Crippen molar-refractivity contribution in [2.75, 3.05) is 44.6 Å². The van der Waals surface area contributed by atoms with E-state index >= 15 is 0 Å². The van der Waals surface area contributed by atoms with Crippen molar-refractivity contribution in [2.24, 2.45) is 17.6 Å². The third-order valence-corrected chi connectivity index (χ3v) is 7.44. The molecule has 2 aromatic carbocycles. The highest BCUT2D eigenvalue weighted by Gasteiger charge is 2.30. The number of amides is 2. The number of primary amides is 1. The summed E-state index contributed by atoms with van der Waals surface area (Å²) in [4.78, 5) is 28.7. The number of nitrogens with zero attached hydrogens (tertiary/aromatic N) is 2. The van der Waals surface area contributed by atoms with Gasteiger partial charge < -0.3 is 20.9 Å². The average molecular weight is 513 g/mol. The first-order valence-corrected chi connectivity index (χ1v) is 13.2. The molecule has 3 N–H and O–H groups in total. The number of rotatable bonds is 8. The van der Waals surface area contributed by atoms with E-state index in [-0.39, 0.29) is 12.1 Å². The van der Waals surface area contributed by atoms with Crippen molar-refractivity contribution in [3.8, 4) is 11.1 Å². The van der Waals surface area contributed by atoms with Gasteiger partial charge in [-0.25, -0.2) is 8.78 Å². The van der Waals surface area contributed by atoms with Gasteiger partial charge in [0.15, 0.2) is 0 Å². The molecule has 6 nitrogen and oxygen atoms in total. The lowest BCUT2D eigenvalue weighted by molar-refractivity contribution is -0.123. The number of benzene rings is 2. The van der Waals surface area contributed by atoms with Crippen molar-refractivity contribution in [3.05, 3.63) is 53.8 Å². The number of piperidine rings is 2. The summed E-state index contributed by atoms with van der Waals surface area (Å²) in [7, 11) is 0. The number of anilines is 1. The molecule has 200 valence electrons. The van der Waals surface area contributed by atoms with E-state index in [1.807, 2.05) is 24.3 Å². The Morgan fingerprint density at radius 3 is 2.41 bits per heavy atom. The lowest BCUT2D eigenvalue weighted by atomic mass is 9.94. The van der Waals surface area contributed by atoms with E-state index in [2.05, 4.69) is 10.2 Å². The maximum absolute atomic E-state index is 14.9. The Kier molecular flexibility index (Phi) is 8.47. The monoisotopic (exact) mass is 512 g/mol. The van der Waals surface area contributed by atoms with Crippen LogP contribution in [0, 0.1) is 17.7 Å². The molecule has 2 heterocycles. The smallest absolute Gasteiger partial charge is 0.257 e. The SMILES string of the molecule is CC(C)(F)CN1CCC(CNc2ccc(-c3cccc(F)c3C(=O)N3CCCC(C(N)=O)C3)cc2)CC1. The van der Waals surface area contributed by atoms with Gasteiger partial charge in [-0.05, 0) is 87.9 Å². The lowest BCUT2D eigenvalue weighted by Gasteiger charge is -2.34. The Labute approximate surface area is 218 Å². The van der Waals surface area contributed by atoms with Crippen molar-refractivity contribution in [1.29, 1.82) is 0 Å². The number of carbonyl (C=O) groups is 2. The van der Waals surface area contributed by atoms with Gasteiger partial charge in [0.05, 0.1) is 11.5 Å². The number of nitrogens with two attached hydrogens (primary N) is 1. The summed E-state index contributed by atoms with van der Waals surface area (Å²) in [5.74, 6) is -1.29. The number of alkyl halides is 1. The van der Waals surface area contributed by atoms with Crippen molar-refractivity contribution < 1.29 is 18.4 Å². The van der Waals surface area contributed by atoms with Gasteiger partial charge in [0.1, 0.15) is 11.5 Å². The molecule has 2 aliphatic rings. The second-order valence-electron chi connectivity index (χ2n) is 11.1. The predicted octanol–water partition coefficient (Wildman–Crippen LogP) is 4.70. The summed E-state index contributed by atoms with van der Waals surface area (Å²) >= 11 is 0. The molecule has 2 aliphatic heterocycles. The summed E-state index contributed by atoms with van der Waals surface area (Å²) < 4.78 is 28.9. The van der Waals surface area contributed by atoms with Crippen LogP contribution < -0.4 is 11.1 Å². The van der Waals surface area contributed by atoms with Crippen LogP contribution in [0.4, 0.5) is 14.5 Å². The highest BCUT2D eigenvalue weighted by Crippen LogP contribution is 2.30. The molecule has 0 aliphatic carbocycles. The number of halogens is 2. The van der Waals surface area contributed by atoms with Gasteiger partial charge in [-0.2, -0.15) is 0 Å². The quantitative estimate of drug-likeness (QED) is 0.537. The van der Waals surface area contributed by atoms with Gasteiger partial charge in [0.25, 0.3) is 5.91 Å². The molecule has 1 atom stereocenters. The summed E-state index contributed by atoms with van der Waals surface area (Å²) in [6, 6.07) is 12.3. The largest absolute Gasteiger partial charge is 0.385 e. The van der Waals surface area contributed by atoms with E-state index < -0.39 is 29.2 Å².